The van der Waals surface area contributed by atoms with Gasteiger partial charge in [-0.25, -0.2) is 4.98 Å². The zero-order chi connectivity index (χ0) is 13.2. The molecule has 0 spiro atoms. The van der Waals surface area contributed by atoms with Gasteiger partial charge in [-0.3, -0.25) is 10.1 Å². The highest BCUT2D eigenvalue weighted by Crippen LogP contribution is 2.33. The van der Waals surface area contributed by atoms with Crippen LogP contribution in [0.4, 0.5) is 18.9 Å². The molecule has 6 nitrogen and oxygen atoms in total. The van der Waals surface area contributed by atoms with E-state index in [9.17, 15) is 23.3 Å². The minimum absolute atomic E-state index is 0.589. The first-order valence-corrected chi connectivity index (χ1v) is 4.49. The van der Waals surface area contributed by atoms with Gasteiger partial charge in [0.25, 0.3) is 5.88 Å². The summed E-state index contributed by atoms with van der Waals surface area (Å²) in [6, 6.07) is 0. The van der Waals surface area contributed by atoms with Crippen molar-refractivity contribution in [1.82, 2.24) is 9.97 Å². The molecular formula is C7H5ClF3N3O3. The lowest BCUT2D eigenvalue weighted by molar-refractivity contribution is -0.386. The summed E-state index contributed by atoms with van der Waals surface area (Å²) in [5.74, 6) is -0.820. The lowest BCUT2D eigenvalue weighted by Crippen LogP contribution is -2.31. The molecule has 0 saturated carbocycles. The van der Waals surface area contributed by atoms with E-state index >= 15 is 0 Å². The van der Waals surface area contributed by atoms with Crippen LogP contribution in [-0.4, -0.2) is 27.2 Å². The minimum Gasteiger partial charge on any atom is -0.460 e. The van der Waals surface area contributed by atoms with Crippen molar-refractivity contribution in [2.75, 3.05) is 0 Å². The van der Waals surface area contributed by atoms with E-state index in [0.29, 0.717) is 6.92 Å². The summed E-state index contributed by atoms with van der Waals surface area (Å²) in [5, 5.41) is 9.97. The van der Waals surface area contributed by atoms with E-state index in [4.69, 9.17) is 11.6 Å². The number of halogens is 4. The van der Waals surface area contributed by atoms with Crippen molar-refractivity contribution in [2.45, 2.75) is 19.2 Å². The lowest BCUT2D eigenvalue weighted by Gasteiger charge is -2.16. The summed E-state index contributed by atoms with van der Waals surface area (Å²) in [6.07, 6.45) is -6.13. The highest BCUT2D eigenvalue weighted by atomic mass is 35.5. The molecule has 0 saturated heterocycles. The first kappa shape index (κ1) is 13.4. The van der Waals surface area contributed by atoms with E-state index in [1.54, 1.807) is 0 Å². The number of alkyl halides is 3. The van der Waals surface area contributed by atoms with E-state index in [1.165, 1.54) is 0 Å². The van der Waals surface area contributed by atoms with Gasteiger partial charge in [-0.05, 0) is 6.92 Å². The van der Waals surface area contributed by atoms with Crippen molar-refractivity contribution in [2.24, 2.45) is 0 Å². The van der Waals surface area contributed by atoms with E-state index in [0.717, 1.165) is 6.33 Å². The maximum absolute atomic E-state index is 12.2. The molecule has 0 aliphatic heterocycles. The zero-order valence-electron chi connectivity index (χ0n) is 8.23. The van der Waals surface area contributed by atoms with Crippen LogP contribution in [0.25, 0.3) is 0 Å². The van der Waals surface area contributed by atoms with Crippen LogP contribution in [0.3, 0.4) is 0 Å². The summed E-state index contributed by atoms with van der Waals surface area (Å²) in [7, 11) is 0. The third kappa shape index (κ3) is 3.16. The molecule has 17 heavy (non-hydrogen) atoms. The fourth-order valence-electron chi connectivity index (χ4n) is 0.816. The maximum Gasteiger partial charge on any atom is 0.425 e. The van der Waals surface area contributed by atoms with Gasteiger partial charge in [-0.1, -0.05) is 11.6 Å². The van der Waals surface area contributed by atoms with Crippen molar-refractivity contribution in [3.05, 3.63) is 21.6 Å². The summed E-state index contributed by atoms with van der Waals surface area (Å²) in [4.78, 5) is 16.1. The standard InChI is InChI=1S/C7H5ClF3N3O3/c1-3(7(9,10)11)17-6-4(14(15)16)5(8)12-2-13-6/h2-3H,1H3. The van der Waals surface area contributed by atoms with E-state index in [1.807, 2.05) is 0 Å². The monoisotopic (exact) mass is 271 g/mol. The van der Waals surface area contributed by atoms with Gasteiger partial charge in [-0.2, -0.15) is 18.2 Å². The second-order valence-electron chi connectivity index (χ2n) is 2.88. The summed E-state index contributed by atoms with van der Waals surface area (Å²) < 4.78 is 40.9. The molecule has 0 aliphatic carbocycles. The topological polar surface area (TPSA) is 78.2 Å². The van der Waals surface area contributed by atoms with Gasteiger partial charge >= 0.3 is 11.9 Å². The number of hydrogen-bond donors (Lipinski definition) is 0. The van der Waals surface area contributed by atoms with E-state index < -0.39 is 33.9 Å². The van der Waals surface area contributed by atoms with Gasteiger partial charge in [0.05, 0.1) is 4.92 Å². The number of nitrogens with zero attached hydrogens (tertiary/aromatic N) is 3. The largest absolute Gasteiger partial charge is 0.460 e. The molecule has 0 aromatic carbocycles. The van der Waals surface area contributed by atoms with Crippen LogP contribution in [0.2, 0.25) is 5.15 Å². The Hall–Kier alpha value is -1.64. The second kappa shape index (κ2) is 4.70. The van der Waals surface area contributed by atoms with E-state index in [-0.39, 0.29) is 0 Å². The molecule has 1 aromatic rings. The number of ether oxygens (including phenoxy) is 1. The van der Waals surface area contributed by atoms with Gasteiger partial charge < -0.3 is 4.74 Å². The highest BCUT2D eigenvalue weighted by molar-refractivity contribution is 6.31. The molecular weight excluding hydrogens is 267 g/mol. The van der Waals surface area contributed by atoms with Crippen LogP contribution in [0.5, 0.6) is 5.88 Å². The highest BCUT2D eigenvalue weighted by Gasteiger charge is 2.40. The molecule has 1 rings (SSSR count). The molecule has 0 amide bonds. The summed E-state index contributed by atoms with van der Waals surface area (Å²) in [5.41, 5.74) is -0.898. The SMILES string of the molecule is CC(Oc1ncnc(Cl)c1[N+](=O)[O-])C(F)(F)F. The lowest BCUT2D eigenvalue weighted by atomic mass is 10.4. The molecule has 0 bridgehead atoms. The average molecular weight is 272 g/mol. The number of hydrogen-bond acceptors (Lipinski definition) is 5. The Morgan fingerprint density at radius 3 is 2.59 bits per heavy atom. The van der Waals surface area contributed by atoms with Gasteiger partial charge in [0, 0.05) is 0 Å². The summed E-state index contributed by atoms with van der Waals surface area (Å²) >= 11 is 5.37. The van der Waals surface area contributed by atoms with Crippen molar-refractivity contribution in [3.63, 3.8) is 0 Å². The summed E-state index contributed by atoms with van der Waals surface area (Å²) in [6.45, 7) is 0.694. The van der Waals surface area contributed by atoms with Crippen molar-refractivity contribution >= 4 is 17.3 Å². The number of nitro groups is 1. The van der Waals surface area contributed by atoms with Crippen LogP contribution in [0.15, 0.2) is 6.33 Å². The molecule has 1 unspecified atom stereocenters. The first-order valence-electron chi connectivity index (χ1n) is 4.11. The Bertz CT molecular complexity index is 440. The fraction of sp³-hybridized carbons (Fsp3) is 0.429. The van der Waals surface area contributed by atoms with Gasteiger partial charge in [-0.15, -0.1) is 0 Å². The van der Waals surface area contributed by atoms with Crippen LogP contribution in [-0.2, 0) is 0 Å². The normalized spacial score (nSPS) is 13.2. The first-order chi connectivity index (χ1) is 7.73. The molecule has 0 fully saturated rings. The fourth-order valence-corrected chi connectivity index (χ4v) is 1.01. The van der Waals surface area contributed by atoms with Crippen molar-refractivity contribution in [1.29, 1.82) is 0 Å². The molecule has 0 N–H and O–H groups in total. The molecule has 0 aliphatic rings. The smallest absolute Gasteiger partial charge is 0.425 e. The van der Waals surface area contributed by atoms with E-state index in [2.05, 4.69) is 14.7 Å². The Labute approximate surface area is 97.5 Å². The van der Waals surface area contributed by atoms with Gasteiger partial charge in [0.15, 0.2) is 6.10 Å². The molecule has 94 valence electrons. The Kier molecular flexibility index (Phi) is 3.71. The number of aromatic nitrogens is 2. The van der Waals surface area contributed by atoms with Crippen LogP contribution in [0.1, 0.15) is 6.92 Å². The predicted molar refractivity (Wildman–Crippen MR) is 49.8 cm³/mol. The molecule has 0 radical (unpaired) electrons. The van der Waals surface area contributed by atoms with Gasteiger partial charge in [0.1, 0.15) is 6.33 Å². The Balaban J connectivity index is 3.07. The third-order valence-electron chi connectivity index (χ3n) is 1.68. The predicted octanol–water partition coefficient (Wildman–Crippen LogP) is 2.37. The molecule has 1 heterocycles. The van der Waals surface area contributed by atoms with Gasteiger partial charge in [0.2, 0.25) is 5.15 Å². The number of rotatable bonds is 3. The van der Waals surface area contributed by atoms with Crippen LogP contribution in [0, 0.1) is 10.1 Å². The van der Waals surface area contributed by atoms with Crippen LogP contribution < -0.4 is 4.74 Å². The average Bonchev–Trinajstić information content (AvgIpc) is 2.15. The minimum atomic E-state index is -4.66. The zero-order valence-corrected chi connectivity index (χ0v) is 8.99. The maximum atomic E-state index is 12.2. The quantitative estimate of drug-likeness (QED) is 0.479. The van der Waals surface area contributed by atoms with Crippen LogP contribution >= 0.6 is 11.6 Å². The van der Waals surface area contributed by atoms with Crippen molar-refractivity contribution in [3.8, 4) is 5.88 Å². The molecule has 1 atom stereocenters. The Morgan fingerprint density at radius 1 is 1.53 bits per heavy atom. The second-order valence-corrected chi connectivity index (χ2v) is 3.24. The molecule has 1 aromatic heterocycles. The third-order valence-corrected chi connectivity index (χ3v) is 1.95. The molecule has 10 heteroatoms. The van der Waals surface area contributed by atoms with Crippen molar-refractivity contribution < 1.29 is 22.8 Å². The Morgan fingerprint density at radius 2 is 2.12 bits per heavy atom.